The lowest BCUT2D eigenvalue weighted by Crippen LogP contribution is -2.37. The van der Waals surface area contributed by atoms with Gasteiger partial charge in [-0.15, -0.1) is 0 Å². The van der Waals surface area contributed by atoms with Crippen molar-refractivity contribution in [2.24, 2.45) is 11.8 Å². The number of nitrogens with zero attached hydrogens (tertiary/aromatic N) is 1. The van der Waals surface area contributed by atoms with Crippen LogP contribution >= 0.6 is 0 Å². The first-order chi connectivity index (χ1) is 13.8. The second kappa shape index (κ2) is 7.88. The molecule has 2 aliphatic rings. The van der Waals surface area contributed by atoms with Crippen LogP contribution in [0.15, 0.2) is 53.4 Å². The smallest absolute Gasteiger partial charge is 0.243 e. The molecule has 1 aliphatic carbocycles. The summed E-state index contributed by atoms with van der Waals surface area (Å²) >= 11 is 0. The number of nitrogens with one attached hydrogen (secondary N) is 1. The van der Waals surface area contributed by atoms with E-state index in [0.717, 1.165) is 24.8 Å². The fourth-order valence-electron chi connectivity index (χ4n) is 3.88. The van der Waals surface area contributed by atoms with Gasteiger partial charge in [0.15, 0.2) is 0 Å². The third-order valence-corrected chi connectivity index (χ3v) is 7.84. The maximum absolute atomic E-state index is 13.0. The second-order valence-electron chi connectivity index (χ2n) is 8.10. The van der Waals surface area contributed by atoms with Gasteiger partial charge in [0, 0.05) is 24.7 Å². The average molecular weight is 417 g/mol. The third kappa shape index (κ3) is 4.36. The Bertz CT molecular complexity index is 982. The van der Waals surface area contributed by atoms with Crippen LogP contribution in [-0.2, 0) is 14.8 Å². The minimum absolute atomic E-state index is 0.0973. The first-order valence-corrected chi connectivity index (χ1v) is 11.4. The van der Waals surface area contributed by atoms with Gasteiger partial charge in [0.25, 0.3) is 0 Å². The van der Waals surface area contributed by atoms with Crippen LogP contribution in [0.4, 0.5) is 10.1 Å². The van der Waals surface area contributed by atoms with E-state index in [2.05, 4.69) is 12.2 Å². The highest BCUT2D eigenvalue weighted by atomic mass is 32.2. The number of carbonyl (C=O) groups excluding carboxylic acids is 1. The third-order valence-electron chi connectivity index (χ3n) is 5.93. The summed E-state index contributed by atoms with van der Waals surface area (Å²) in [6.45, 7) is 3.24. The molecule has 1 aliphatic heterocycles. The van der Waals surface area contributed by atoms with E-state index in [9.17, 15) is 17.6 Å². The number of amides is 1. The van der Waals surface area contributed by atoms with Gasteiger partial charge in [0.05, 0.1) is 4.90 Å². The van der Waals surface area contributed by atoms with E-state index in [-0.39, 0.29) is 28.5 Å². The van der Waals surface area contributed by atoms with E-state index >= 15 is 0 Å². The molecule has 1 saturated heterocycles. The molecule has 4 rings (SSSR count). The normalized spacial score (nSPS) is 23.0. The molecule has 1 N–H and O–H groups in total. The van der Waals surface area contributed by atoms with E-state index < -0.39 is 10.0 Å². The van der Waals surface area contributed by atoms with Gasteiger partial charge in [-0.2, -0.15) is 4.31 Å². The minimum atomic E-state index is -3.49. The van der Waals surface area contributed by atoms with Crippen LogP contribution in [0.2, 0.25) is 0 Å². The molecular formula is C22H25FN2O3S. The Labute approximate surface area is 171 Å². The molecule has 2 atom stereocenters. The van der Waals surface area contributed by atoms with Crippen molar-refractivity contribution in [2.75, 3.05) is 18.4 Å². The number of hydrogen-bond donors (Lipinski definition) is 1. The first kappa shape index (κ1) is 20.0. The van der Waals surface area contributed by atoms with Crippen molar-refractivity contribution in [1.82, 2.24) is 4.31 Å². The molecule has 2 fully saturated rings. The molecule has 7 heteroatoms. The van der Waals surface area contributed by atoms with Crippen molar-refractivity contribution in [1.29, 1.82) is 0 Å². The van der Waals surface area contributed by atoms with Crippen LogP contribution in [0.25, 0.3) is 0 Å². The summed E-state index contributed by atoms with van der Waals surface area (Å²) in [6.07, 6.45) is 2.49. The van der Waals surface area contributed by atoms with E-state index in [4.69, 9.17) is 0 Å². The Hall–Kier alpha value is -2.25. The SMILES string of the molecule is CC1CCN(S(=O)(=O)c2ccc(NC(=O)C3CC3c3ccc(F)cc3)cc2)CC1. The molecule has 1 heterocycles. The van der Waals surface area contributed by atoms with Crippen LogP contribution in [0, 0.1) is 17.7 Å². The van der Waals surface area contributed by atoms with Crippen LogP contribution in [-0.4, -0.2) is 31.7 Å². The fraction of sp³-hybridized carbons (Fsp3) is 0.409. The van der Waals surface area contributed by atoms with Crippen molar-refractivity contribution in [2.45, 2.75) is 37.0 Å². The number of benzene rings is 2. The molecule has 0 bridgehead atoms. The van der Waals surface area contributed by atoms with Crippen molar-refractivity contribution in [3.63, 3.8) is 0 Å². The molecule has 1 saturated carbocycles. The van der Waals surface area contributed by atoms with E-state index in [1.807, 2.05) is 0 Å². The lowest BCUT2D eigenvalue weighted by atomic mass is 10.0. The highest BCUT2D eigenvalue weighted by Crippen LogP contribution is 2.48. The summed E-state index contributed by atoms with van der Waals surface area (Å²) in [5, 5.41) is 2.86. The van der Waals surface area contributed by atoms with Gasteiger partial charge in [0.1, 0.15) is 5.82 Å². The summed E-state index contributed by atoms with van der Waals surface area (Å²) in [7, 11) is -3.49. The maximum atomic E-state index is 13.0. The molecule has 2 unspecified atom stereocenters. The zero-order valence-corrected chi connectivity index (χ0v) is 17.2. The van der Waals surface area contributed by atoms with Crippen LogP contribution in [0.5, 0.6) is 0 Å². The van der Waals surface area contributed by atoms with Crippen LogP contribution < -0.4 is 5.32 Å². The molecule has 154 valence electrons. The molecule has 29 heavy (non-hydrogen) atoms. The van der Waals surface area contributed by atoms with Crippen molar-refractivity contribution < 1.29 is 17.6 Å². The molecule has 2 aromatic rings. The van der Waals surface area contributed by atoms with E-state index in [0.29, 0.717) is 24.7 Å². The minimum Gasteiger partial charge on any atom is -0.326 e. The average Bonchev–Trinajstić information content (AvgIpc) is 3.50. The summed E-state index contributed by atoms with van der Waals surface area (Å²) in [5.41, 5.74) is 1.54. The number of halogens is 1. The summed E-state index contributed by atoms with van der Waals surface area (Å²) in [4.78, 5) is 12.7. The predicted molar refractivity (Wildman–Crippen MR) is 109 cm³/mol. The van der Waals surface area contributed by atoms with Gasteiger partial charge in [-0.3, -0.25) is 4.79 Å². The first-order valence-electron chi connectivity index (χ1n) is 10.0. The Kier molecular flexibility index (Phi) is 5.44. The van der Waals surface area contributed by atoms with Gasteiger partial charge in [-0.05, 0) is 73.1 Å². The van der Waals surface area contributed by atoms with Crippen molar-refractivity contribution in [3.05, 3.63) is 59.9 Å². The van der Waals surface area contributed by atoms with Crippen LogP contribution in [0.3, 0.4) is 0 Å². The number of rotatable bonds is 5. The Morgan fingerprint density at radius 2 is 1.66 bits per heavy atom. The van der Waals surface area contributed by atoms with E-state index in [1.165, 1.54) is 16.4 Å². The molecule has 0 spiro atoms. The van der Waals surface area contributed by atoms with Gasteiger partial charge in [-0.1, -0.05) is 19.1 Å². The Morgan fingerprint density at radius 3 is 2.28 bits per heavy atom. The van der Waals surface area contributed by atoms with Gasteiger partial charge >= 0.3 is 0 Å². The number of piperidine rings is 1. The largest absolute Gasteiger partial charge is 0.326 e. The summed E-state index contributed by atoms with van der Waals surface area (Å²) < 4.78 is 40.1. The van der Waals surface area contributed by atoms with E-state index in [1.54, 1.807) is 36.4 Å². The lowest BCUT2D eigenvalue weighted by Gasteiger charge is -2.29. The number of anilines is 1. The highest BCUT2D eigenvalue weighted by Gasteiger charge is 2.43. The molecule has 2 aromatic carbocycles. The van der Waals surface area contributed by atoms with Crippen molar-refractivity contribution in [3.8, 4) is 0 Å². The van der Waals surface area contributed by atoms with Crippen LogP contribution in [0.1, 0.15) is 37.7 Å². The predicted octanol–water partition coefficient (Wildman–Crippen LogP) is 3.99. The Morgan fingerprint density at radius 1 is 1.03 bits per heavy atom. The zero-order chi connectivity index (χ0) is 20.6. The second-order valence-corrected chi connectivity index (χ2v) is 10.0. The summed E-state index contributed by atoms with van der Waals surface area (Å²) in [6, 6.07) is 12.6. The molecule has 5 nitrogen and oxygen atoms in total. The monoisotopic (exact) mass is 416 g/mol. The molecule has 1 amide bonds. The van der Waals surface area contributed by atoms with Crippen molar-refractivity contribution >= 4 is 21.6 Å². The topological polar surface area (TPSA) is 66.5 Å². The number of sulfonamides is 1. The lowest BCUT2D eigenvalue weighted by molar-refractivity contribution is -0.117. The van der Waals surface area contributed by atoms with Gasteiger partial charge in [-0.25, -0.2) is 12.8 Å². The Balaban J connectivity index is 1.37. The quantitative estimate of drug-likeness (QED) is 0.802. The zero-order valence-electron chi connectivity index (χ0n) is 16.3. The standard InChI is InChI=1S/C22H25FN2O3S/c1-15-10-12-25(13-11-15)29(27,28)19-8-6-18(7-9-19)24-22(26)21-14-20(21)16-2-4-17(23)5-3-16/h2-9,15,20-21H,10-14H2,1H3,(H,24,26). The summed E-state index contributed by atoms with van der Waals surface area (Å²) in [5.74, 6) is 0.139. The number of carbonyl (C=O) groups is 1. The van der Waals surface area contributed by atoms with Gasteiger partial charge < -0.3 is 5.32 Å². The maximum Gasteiger partial charge on any atom is 0.243 e. The number of hydrogen-bond acceptors (Lipinski definition) is 3. The van der Waals surface area contributed by atoms with Gasteiger partial charge in [0.2, 0.25) is 15.9 Å². The fourth-order valence-corrected chi connectivity index (χ4v) is 5.35. The highest BCUT2D eigenvalue weighted by molar-refractivity contribution is 7.89. The molecular weight excluding hydrogens is 391 g/mol. The molecule has 0 radical (unpaired) electrons. The molecule has 0 aromatic heterocycles.